The Labute approximate surface area is 169 Å². The normalized spacial score (nSPS) is 12.4. The van der Waals surface area contributed by atoms with Crippen molar-refractivity contribution in [2.24, 2.45) is 0 Å². The number of hydrogen-bond acceptors (Lipinski definition) is 4. The number of benzene rings is 1. The molecule has 158 valence electrons. The van der Waals surface area contributed by atoms with Crippen molar-refractivity contribution in [2.75, 3.05) is 13.1 Å². The summed E-state index contributed by atoms with van der Waals surface area (Å²) in [4.78, 5) is 24.0. The van der Waals surface area contributed by atoms with Gasteiger partial charge in [0.2, 0.25) is 0 Å². The van der Waals surface area contributed by atoms with Gasteiger partial charge in [-0.15, -0.1) is 10.2 Å². The van der Waals surface area contributed by atoms with Gasteiger partial charge in [-0.2, -0.15) is 13.2 Å². The Morgan fingerprint density at radius 3 is 2.43 bits per heavy atom. The van der Waals surface area contributed by atoms with Crippen molar-refractivity contribution in [2.45, 2.75) is 19.1 Å². The first kappa shape index (κ1) is 21.1. The zero-order valence-corrected chi connectivity index (χ0v) is 15.9. The van der Waals surface area contributed by atoms with Gasteiger partial charge in [0.05, 0.1) is 11.6 Å². The maximum absolute atomic E-state index is 12.5. The summed E-state index contributed by atoms with van der Waals surface area (Å²) in [7, 11) is 0. The molecule has 3 rings (SSSR count). The lowest BCUT2D eigenvalue weighted by Gasteiger charge is -2.13. The number of aromatic nitrogens is 3. The Balaban J connectivity index is 1.43. The van der Waals surface area contributed by atoms with Crippen LogP contribution >= 0.6 is 0 Å². The number of amides is 3. The Hall–Kier alpha value is -3.63. The molecule has 3 N–H and O–H groups in total. The zero-order chi connectivity index (χ0) is 21.7. The van der Waals surface area contributed by atoms with Crippen LogP contribution in [0.4, 0.5) is 18.0 Å². The first-order chi connectivity index (χ1) is 14.3. The van der Waals surface area contributed by atoms with Crippen LogP contribution in [0.15, 0.2) is 48.7 Å². The number of nitrogens with one attached hydrogen (secondary N) is 3. The van der Waals surface area contributed by atoms with Gasteiger partial charge in [0, 0.05) is 24.8 Å². The predicted octanol–water partition coefficient (Wildman–Crippen LogP) is 2.54. The zero-order valence-electron chi connectivity index (χ0n) is 15.9. The molecule has 0 saturated carbocycles. The minimum absolute atomic E-state index is 0.0970. The van der Waals surface area contributed by atoms with Crippen molar-refractivity contribution < 1.29 is 22.8 Å². The van der Waals surface area contributed by atoms with Crippen LogP contribution in [0.5, 0.6) is 0 Å². The Morgan fingerprint density at radius 1 is 1.03 bits per heavy atom. The fourth-order valence-electron chi connectivity index (χ4n) is 2.73. The number of fused-ring (bicyclic) bond motifs is 1. The van der Waals surface area contributed by atoms with Crippen LogP contribution in [0.1, 0.15) is 34.7 Å². The summed E-state index contributed by atoms with van der Waals surface area (Å²) >= 11 is 0. The molecule has 2 aromatic heterocycles. The summed E-state index contributed by atoms with van der Waals surface area (Å²) in [6, 6.07) is 8.47. The summed E-state index contributed by atoms with van der Waals surface area (Å²) in [5.41, 5.74) is -0.0701. The second-order valence-electron chi connectivity index (χ2n) is 6.44. The van der Waals surface area contributed by atoms with E-state index in [9.17, 15) is 22.8 Å². The summed E-state index contributed by atoms with van der Waals surface area (Å²) in [5.74, 6) is 0.0330. The SMILES string of the molecule is C[C@@H](NC(=O)NCCNC(=O)c1ccc(C(F)(F)F)cc1)c1nnc2ccccn12. The number of carbonyl (C=O) groups is 2. The highest BCUT2D eigenvalue weighted by Crippen LogP contribution is 2.29. The lowest BCUT2D eigenvalue weighted by Crippen LogP contribution is -2.41. The highest BCUT2D eigenvalue weighted by atomic mass is 19.4. The Kier molecular flexibility index (Phi) is 6.19. The largest absolute Gasteiger partial charge is 0.416 e. The summed E-state index contributed by atoms with van der Waals surface area (Å²) < 4.78 is 39.4. The Morgan fingerprint density at radius 2 is 1.73 bits per heavy atom. The van der Waals surface area contributed by atoms with E-state index in [2.05, 4.69) is 26.1 Å². The van der Waals surface area contributed by atoms with E-state index in [-0.39, 0.29) is 18.7 Å². The van der Waals surface area contributed by atoms with E-state index in [1.165, 1.54) is 0 Å². The fraction of sp³-hybridized carbons (Fsp3) is 0.263. The van der Waals surface area contributed by atoms with Crippen LogP contribution in [-0.4, -0.2) is 39.6 Å². The molecule has 0 spiro atoms. The number of nitrogens with zero attached hydrogens (tertiary/aromatic N) is 3. The number of pyridine rings is 1. The Bertz CT molecular complexity index is 1030. The molecule has 0 bridgehead atoms. The average molecular weight is 420 g/mol. The molecule has 0 aliphatic heterocycles. The van der Waals surface area contributed by atoms with E-state index in [1.807, 2.05) is 12.1 Å². The van der Waals surface area contributed by atoms with Gasteiger partial charge >= 0.3 is 12.2 Å². The molecule has 8 nitrogen and oxygen atoms in total. The molecule has 0 saturated heterocycles. The van der Waals surface area contributed by atoms with Gasteiger partial charge in [0.15, 0.2) is 11.5 Å². The number of halogens is 3. The van der Waals surface area contributed by atoms with E-state index < -0.39 is 29.7 Å². The number of alkyl halides is 3. The third-order valence-electron chi connectivity index (χ3n) is 4.25. The van der Waals surface area contributed by atoms with Gasteiger partial charge in [-0.3, -0.25) is 9.20 Å². The molecule has 1 atom stereocenters. The number of hydrogen-bond donors (Lipinski definition) is 3. The standard InChI is InChI=1S/C19H19F3N6O2/c1-12(16-27-26-15-4-2-3-11-28(15)16)25-18(30)24-10-9-23-17(29)13-5-7-14(8-6-13)19(20,21)22/h2-8,11-12H,9-10H2,1H3,(H,23,29)(H2,24,25,30)/t12-/m1/s1. The first-order valence-electron chi connectivity index (χ1n) is 9.05. The van der Waals surface area contributed by atoms with Gasteiger partial charge in [0.1, 0.15) is 0 Å². The monoisotopic (exact) mass is 420 g/mol. The van der Waals surface area contributed by atoms with Gasteiger partial charge in [-0.1, -0.05) is 6.07 Å². The van der Waals surface area contributed by atoms with Gasteiger partial charge in [-0.25, -0.2) is 4.79 Å². The minimum atomic E-state index is -4.46. The lowest BCUT2D eigenvalue weighted by molar-refractivity contribution is -0.137. The van der Waals surface area contributed by atoms with Gasteiger partial charge in [0.25, 0.3) is 5.91 Å². The summed E-state index contributed by atoms with van der Waals surface area (Å²) in [6.45, 7) is 2.00. The van der Waals surface area contributed by atoms with Crippen molar-refractivity contribution in [3.63, 3.8) is 0 Å². The van der Waals surface area contributed by atoms with Crippen LogP contribution in [-0.2, 0) is 6.18 Å². The van der Waals surface area contributed by atoms with E-state index >= 15 is 0 Å². The maximum atomic E-state index is 12.5. The van der Waals surface area contributed by atoms with Crippen molar-refractivity contribution in [3.8, 4) is 0 Å². The van der Waals surface area contributed by atoms with Crippen LogP contribution in [0.2, 0.25) is 0 Å². The summed E-state index contributed by atoms with van der Waals surface area (Å²) in [6.07, 6.45) is -2.67. The number of rotatable bonds is 6. The predicted molar refractivity (Wildman–Crippen MR) is 102 cm³/mol. The molecule has 2 heterocycles. The smallest absolute Gasteiger partial charge is 0.350 e. The maximum Gasteiger partial charge on any atom is 0.416 e. The second kappa shape index (κ2) is 8.80. The quantitative estimate of drug-likeness (QED) is 0.534. The molecule has 0 fully saturated rings. The van der Waals surface area contributed by atoms with Crippen molar-refractivity contribution in [3.05, 3.63) is 65.6 Å². The molecule has 0 radical (unpaired) electrons. The highest BCUT2D eigenvalue weighted by Gasteiger charge is 2.30. The molecule has 0 unspecified atom stereocenters. The van der Waals surface area contributed by atoms with Crippen molar-refractivity contribution in [1.29, 1.82) is 0 Å². The first-order valence-corrected chi connectivity index (χ1v) is 9.05. The molecule has 11 heteroatoms. The topological polar surface area (TPSA) is 100 Å². The average Bonchev–Trinajstić information content (AvgIpc) is 3.15. The van der Waals surface area contributed by atoms with Crippen molar-refractivity contribution in [1.82, 2.24) is 30.5 Å². The molecule has 1 aromatic carbocycles. The van der Waals surface area contributed by atoms with Crippen LogP contribution in [0.25, 0.3) is 5.65 Å². The van der Waals surface area contributed by atoms with Gasteiger partial charge < -0.3 is 16.0 Å². The second-order valence-corrected chi connectivity index (χ2v) is 6.44. The molecule has 3 aromatic rings. The molecular weight excluding hydrogens is 401 g/mol. The van der Waals surface area contributed by atoms with E-state index in [0.29, 0.717) is 11.5 Å². The van der Waals surface area contributed by atoms with Crippen molar-refractivity contribution >= 4 is 17.6 Å². The van der Waals surface area contributed by atoms with Crippen LogP contribution < -0.4 is 16.0 Å². The molecule has 30 heavy (non-hydrogen) atoms. The summed E-state index contributed by atoms with van der Waals surface area (Å²) in [5, 5.41) is 15.9. The molecule has 3 amide bonds. The van der Waals surface area contributed by atoms with E-state index in [4.69, 9.17) is 0 Å². The number of carbonyl (C=O) groups excluding carboxylic acids is 2. The van der Waals surface area contributed by atoms with Gasteiger partial charge in [-0.05, 0) is 43.3 Å². The minimum Gasteiger partial charge on any atom is -0.350 e. The number of urea groups is 1. The third kappa shape index (κ3) is 5.04. The molecule has 0 aliphatic rings. The fourth-order valence-corrected chi connectivity index (χ4v) is 2.73. The molecular formula is C19H19F3N6O2. The third-order valence-corrected chi connectivity index (χ3v) is 4.25. The van der Waals surface area contributed by atoms with E-state index in [0.717, 1.165) is 24.3 Å². The van der Waals surface area contributed by atoms with Crippen LogP contribution in [0, 0.1) is 0 Å². The highest BCUT2D eigenvalue weighted by molar-refractivity contribution is 5.94. The molecule has 0 aliphatic carbocycles. The lowest BCUT2D eigenvalue weighted by atomic mass is 10.1. The van der Waals surface area contributed by atoms with E-state index in [1.54, 1.807) is 23.6 Å². The van der Waals surface area contributed by atoms with Crippen LogP contribution in [0.3, 0.4) is 0 Å².